The molecule has 0 radical (unpaired) electrons. The first kappa shape index (κ1) is 10.0. The summed E-state index contributed by atoms with van der Waals surface area (Å²) in [7, 11) is 0. The Labute approximate surface area is 75.4 Å². The van der Waals surface area contributed by atoms with Crippen LogP contribution in [-0.2, 0) is 0 Å². The highest BCUT2D eigenvalue weighted by molar-refractivity contribution is 4.79. The maximum atomic E-state index is 9.61. The summed E-state index contributed by atoms with van der Waals surface area (Å²) < 4.78 is 0. The molecule has 0 bridgehead atoms. The van der Waals surface area contributed by atoms with Crippen LogP contribution in [0.4, 0.5) is 0 Å². The van der Waals surface area contributed by atoms with Crippen LogP contribution in [0.25, 0.3) is 0 Å². The lowest BCUT2D eigenvalue weighted by Gasteiger charge is -2.28. The SMILES string of the molecule is CCCCN[C@H]1CCCC[C@@H]1O. The standard InChI is InChI=1S/C10H21NO/c1-2-3-8-11-9-6-4-5-7-10(9)12/h9-12H,2-8H2,1H3/t9-,10-/m0/s1. The van der Waals surface area contributed by atoms with Crippen LogP contribution in [-0.4, -0.2) is 23.8 Å². The van der Waals surface area contributed by atoms with Gasteiger partial charge in [-0.3, -0.25) is 0 Å². The minimum atomic E-state index is -0.0874. The lowest BCUT2D eigenvalue weighted by Crippen LogP contribution is -2.42. The summed E-state index contributed by atoms with van der Waals surface area (Å²) in [5, 5.41) is 13.0. The van der Waals surface area contributed by atoms with Crippen molar-refractivity contribution < 1.29 is 5.11 Å². The molecule has 2 N–H and O–H groups in total. The topological polar surface area (TPSA) is 32.3 Å². The van der Waals surface area contributed by atoms with E-state index in [9.17, 15) is 5.11 Å². The molecule has 0 heterocycles. The number of rotatable bonds is 4. The third kappa shape index (κ3) is 3.11. The van der Waals surface area contributed by atoms with Gasteiger partial charge in [0.05, 0.1) is 6.10 Å². The smallest absolute Gasteiger partial charge is 0.0693 e. The van der Waals surface area contributed by atoms with Gasteiger partial charge >= 0.3 is 0 Å². The van der Waals surface area contributed by atoms with Gasteiger partial charge in [-0.2, -0.15) is 0 Å². The summed E-state index contributed by atoms with van der Waals surface area (Å²) in [5.74, 6) is 0. The van der Waals surface area contributed by atoms with Crippen molar-refractivity contribution in [2.45, 2.75) is 57.6 Å². The zero-order chi connectivity index (χ0) is 8.81. The number of nitrogens with one attached hydrogen (secondary N) is 1. The van der Waals surface area contributed by atoms with E-state index in [-0.39, 0.29) is 6.10 Å². The Hall–Kier alpha value is -0.0800. The van der Waals surface area contributed by atoms with E-state index >= 15 is 0 Å². The second-order valence-electron chi connectivity index (χ2n) is 3.77. The van der Waals surface area contributed by atoms with E-state index in [0.717, 1.165) is 19.4 Å². The zero-order valence-electron chi connectivity index (χ0n) is 8.05. The number of hydrogen-bond donors (Lipinski definition) is 2. The Morgan fingerprint density at radius 2 is 2.08 bits per heavy atom. The minimum Gasteiger partial charge on any atom is -0.392 e. The van der Waals surface area contributed by atoms with Crippen LogP contribution in [0.3, 0.4) is 0 Å². The van der Waals surface area contributed by atoms with Crippen LogP contribution >= 0.6 is 0 Å². The molecular weight excluding hydrogens is 150 g/mol. The van der Waals surface area contributed by atoms with Crippen molar-refractivity contribution in [3.05, 3.63) is 0 Å². The van der Waals surface area contributed by atoms with Gasteiger partial charge in [0.15, 0.2) is 0 Å². The largest absolute Gasteiger partial charge is 0.392 e. The summed E-state index contributed by atoms with van der Waals surface area (Å²) in [6, 6.07) is 0.380. The van der Waals surface area contributed by atoms with E-state index in [1.807, 2.05) is 0 Å². The van der Waals surface area contributed by atoms with Crippen molar-refractivity contribution in [1.29, 1.82) is 0 Å². The minimum absolute atomic E-state index is 0.0874. The Morgan fingerprint density at radius 3 is 2.75 bits per heavy atom. The molecule has 12 heavy (non-hydrogen) atoms. The Morgan fingerprint density at radius 1 is 1.33 bits per heavy atom. The van der Waals surface area contributed by atoms with Crippen molar-refractivity contribution in [2.75, 3.05) is 6.54 Å². The fourth-order valence-electron chi connectivity index (χ4n) is 1.81. The lowest BCUT2D eigenvalue weighted by atomic mass is 9.92. The summed E-state index contributed by atoms with van der Waals surface area (Å²) >= 11 is 0. The van der Waals surface area contributed by atoms with E-state index in [0.29, 0.717) is 6.04 Å². The normalized spacial score (nSPS) is 30.5. The molecule has 2 nitrogen and oxygen atoms in total. The van der Waals surface area contributed by atoms with E-state index in [1.54, 1.807) is 0 Å². The molecule has 0 aromatic carbocycles. The number of aliphatic hydroxyl groups excluding tert-OH is 1. The monoisotopic (exact) mass is 171 g/mol. The van der Waals surface area contributed by atoms with Gasteiger partial charge < -0.3 is 10.4 Å². The zero-order valence-corrected chi connectivity index (χ0v) is 8.05. The van der Waals surface area contributed by atoms with Crippen molar-refractivity contribution in [3.63, 3.8) is 0 Å². The first-order valence-electron chi connectivity index (χ1n) is 5.26. The van der Waals surface area contributed by atoms with Crippen LogP contribution in [0.2, 0.25) is 0 Å². The van der Waals surface area contributed by atoms with Crippen LogP contribution in [0.5, 0.6) is 0 Å². The van der Waals surface area contributed by atoms with E-state index in [1.165, 1.54) is 25.7 Å². The van der Waals surface area contributed by atoms with Crippen molar-refractivity contribution in [1.82, 2.24) is 5.32 Å². The first-order chi connectivity index (χ1) is 5.84. The second kappa shape index (κ2) is 5.55. The Balaban J connectivity index is 2.11. The molecule has 1 rings (SSSR count). The van der Waals surface area contributed by atoms with Gasteiger partial charge in [-0.25, -0.2) is 0 Å². The number of unbranched alkanes of at least 4 members (excludes halogenated alkanes) is 1. The molecule has 0 aromatic rings. The first-order valence-corrected chi connectivity index (χ1v) is 5.26. The molecule has 0 spiro atoms. The molecule has 0 saturated heterocycles. The summed E-state index contributed by atoms with van der Waals surface area (Å²) in [6.07, 6.45) is 7.00. The number of hydrogen-bond acceptors (Lipinski definition) is 2. The van der Waals surface area contributed by atoms with Crippen molar-refractivity contribution in [3.8, 4) is 0 Å². The highest BCUT2D eigenvalue weighted by atomic mass is 16.3. The molecule has 1 fully saturated rings. The second-order valence-corrected chi connectivity index (χ2v) is 3.77. The summed E-state index contributed by atoms with van der Waals surface area (Å²) in [6.45, 7) is 3.26. The van der Waals surface area contributed by atoms with E-state index in [4.69, 9.17) is 0 Å². The van der Waals surface area contributed by atoms with Gasteiger partial charge in [0.25, 0.3) is 0 Å². The van der Waals surface area contributed by atoms with Crippen LogP contribution in [0.1, 0.15) is 45.4 Å². The Kier molecular flexibility index (Phi) is 4.62. The van der Waals surface area contributed by atoms with Gasteiger partial charge in [-0.15, -0.1) is 0 Å². The Bertz CT molecular complexity index is 116. The molecule has 72 valence electrons. The van der Waals surface area contributed by atoms with Gasteiger partial charge in [0.1, 0.15) is 0 Å². The predicted octanol–water partition coefficient (Wildman–Crippen LogP) is 1.68. The maximum absolute atomic E-state index is 9.61. The van der Waals surface area contributed by atoms with Gasteiger partial charge in [0, 0.05) is 6.04 Å². The van der Waals surface area contributed by atoms with E-state index in [2.05, 4.69) is 12.2 Å². The average Bonchev–Trinajstić information content (AvgIpc) is 2.09. The van der Waals surface area contributed by atoms with Crippen molar-refractivity contribution >= 4 is 0 Å². The van der Waals surface area contributed by atoms with Crippen LogP contribution < -0.4 is 5.32 Å². The molecule has 2 heteroatoms. The molecule has 0 aromatic heterocycles. The lowest BCUT2D eigenvalue weighted by molar-refractivity contribution is 0.0910. The summed E-state index contributed by atoms with van der Waals surface area (Å²) in [5.41, 5.74) is 0. The maximum Gasteiger partial charge on any atom is 0.0693 e. The molecule has 1 saturated carbocycles. The van der Waals surface area contributed by atoms with Gasteiger partial charge in [0.2, 0.25) is 0 Å². The van der Waals surface area contributed by atoms with Crippen LogP contribution in [0, 0.1) is 0 Å². The third-order valence-corrected chi connectivity index (χ3v) is 2.67. The molecular formula is C10H21NO. The average molecular weight is 171 g/mol. The molecule has 0 aliphatic heterocycles. The molecule has 2 atom stereocenters. The van der Waals surface area contributed by atoms with E-state index < -0.39 is 0 Å². The van der Waals surface area contributed by atoms with Crippen molar-refractivity contribution in [2.24, 2.45) is 0 Å². The predicted molar refractivity (Wildman–Crippen MR) is 51.2 cm³/mol. The summed E-state index contributed by atoms with van der Waals surface area (Å²) in [4.78, 5) is 0. The molecule has 0 unspecified atom stereocenters. The fourth-order valence-corrected chi connectivity index (χ4v) is 1.81. The highest BCUT2D eigenvalue weighted by Gasteiger charge is 2.21. The fraction of sp³-hybridized carbons (Fsp3) is 1.00. The molecule has 1 aliphatic rings. The molecule has 0 amide bonds. The van der Waals surface area contributed by atoms with Crippen LogP contribution in [0.15, 0.2) is 0 Å². The molecule has 1 aliphatic carbocycles. The van der Waals surface area contributed by atoms with Gasteiger partial charge in [-0.05, 0) is 25.8 Å². The third-order valence-electron chi connectivity index (χ3n) is 2.67. The quantitative estimate of drug-likeness (QED) is 0.631. The highest BCUT2D eigenvalue weighted by Crippen LogP contribution is 2.18. The van der Waals surface area contributed by atoms with Gasteiger partial charge in [-0.1, -0.05) is 26.2 Å². The number of aliphatic hydroxyl groups is 1.